The average Bonchev–Trinajstić information content (AvgIpc) is 3.16. The summed E-state index contributed by atoms with van der Waals surface area (Å²) in [5.41, 5.74) is 0.865. The predicted octanol–water partition coefficient (Wildman–Crippen LogP) is 3.09. The standard InChI is InChI=1S/C19H22F2N2O3S/c1-26-18-7-3-2-6-15(18)17(23-10-4-5-11-23)13-22-27(24,25)19-9-8-14(20)12-16(19)21/h2-3,6-9,12,17,22H,4-5,10-11,13H2,1H3. The quantitative estimate of drug-likeness (QED) is 0.781. The van der Waals surface area contributed by atoms with Gasteiger partial charge in [-0.3, -0.25) is 4.90 Å². The number of halogens is 2. The lowest BCUT2D eigenvalue weighted by atomic mass is 10.0. The van der Waals surface area contributed by atoms with Gasteiger partial charge in [-0.25, -0.2) is 21.9 Å². The fourth-order valence-electron chi connectivity index (χ4n) is 3.39. The van der Waals surface area contributed by atoms with Gasteiger partial charge in [0.1, 0.15) is 22.3 Å². The summed E-state index contributed by atoms with van der Waals surface area (Å²) in [4.78, 5) is 1.62. The molecule has 2 aromatic carbocycles. The van der Waals surface area contributed by atoms with Crippen LogP contribution in [0.3, 0.4) is 0 Å². The number of rotatable bonds is 7. The first kappa shape index (κ1) is 19.7. The molecule has 1 heterocycles. The minimum atomic E-state index is -4.12. The van der Waals surface area contributed by atoms with Gasteiger partial charge in [0.25, 0.3) is 0 Å². The highest BCUT2D eigenvalue weighted by Gasteiger charge is 2.28. The Morgan fingerprint density at radius 3 is 2.52 bits per heavy atom. The molecule has 1 unspecified atom stereocenters. The third-order valence-corrected chi connectivity index (χ3v) is 6.19. The second-order valence-electron chi connectivity index (χ2n) is 6.43. The third kappa shape index (κ3) is 4.45. The molecule has 8 heteroatoms. The predicted molar refractivity (Wildman–Crippen MR) is 98.1 cm³/mol. The molecule has 3 rings (SSSR count). The summed E-state index contributed by atoms with van der Waals surface area (Å²) in [6, 6.07) is 9.61. The molecule has 1 aliphatic rings. The molecule has 1 aliphatic heterocycles. The Kier molecular flexibility index (Phi) is 6.08. The Bertz CT molecular complexity index is 900. The lowest BCUT2D eigenvalue weighted by Crippen LogP contribution is -2.37. The summed E-state index contributed by atoms with van der Waals surface area (Å²) in [7, 11) is -2.55. The molecule has 0 bridgehead atoms. The van der Waals surface area contributed by atoms with Crippen molar-refractivity contribution in [1.29, 1.82) is 0 Å². The van der Waals surface area contributed by atoms with Crippen molar-refractivity contribution >= 4 is 10.0 Å². The highest BCUT2D eigenvalue weighted by atomic mass is 32.2. The van der Waals surface area contributed by atoms with E-state index in [1.54, 1.807) is 7.11 Å². The number of methoxy groups -OCH3 is 1. The molecular formula is C19H22F2N2O3S. The topological polar surface area (TPSA) is 58.6 Å². The van der Waals surface area contributed by atoms with Crippen LogP contribution in [0.5, 0.6) is 5.75 Å². The van der Waals surface area contributed by atoms with Crippen LogP contribution in [0, 0.1) is 11.6 Å². The summed E-state index contributed by atoms with van der Waals surface area (Å²) in [5, 5.41) is 0. The number of nitrogens with one attached hydrogen (secondary N) is 1. The molecule has 0 saturated carbocycles. The van der Waals surface area contributed by atoms with Gasteiger partial charge >= 0.3 is 0 Å². The maximum Gasteiger partial charge on any atom is 0.243 e. The van der Waals surface area contributed by atoms with Crippen LogP contribution < -0.4 is 9.46 Å². The lowest BCUT2D eigenvalue weighted by molar-refractivity contribution is 0.240. The van der Waals surface area contributed by atoms with Crippen LogP contribution in [0.2, 0.25) is 0 Å². The second kappa shape index (κ2) is 8.33. The highest BCUT2D eigenvalue weighted by molar-refractivity contribution is 7.89. The van der Waals surface area contributed by atoms with Crippen molar-refractivity contribution in [3.05, 3.63) is 59.7 Å². The molecule has 0 radical (unpaired) electrons. The highest BCUT2D eigenvalue weighted by Crippen LogP contribution is 2.31. The maximum absolute atomic E-state index is 13.9. The summed E-state index contributed by atoms with van der Waals surface area (Å²) in [6.45, 7) is 1.74. The first-order chi connectivity index (χ1) is 12.9. The zero-order valence-corrected chi connectivity index (χ0v) is 15.8. The van der Waals surface area contributed by atoms with Crippen molar-refractivity contribution < 1.29 is 21.9 Å². The largest absolute Gasteiger partial charge is 0.496 e. The fraction of sp³-hybridized carbons (Fsp3) is 0.368. The van der Waals surface area contributed by atoms with Crippen molar-refractivity contribution in [2.24, 2.45) is 0 Å². The van der Waals surface area contributed by atoms with Crippen LogP contribution in [0.15, 0.2) is 47.4 Å². The van der Waals surface area contributed by atoms with E-state index in [9.17, 15) is 17.2 Å². The van der Waals surface area contributed by atoms with Crippen molar-refractivity contribution in [3.63, 3.8) is 0 Å². The van der Waals surface area contributed by atoms with Gasteiger partial charge in [-0.15, -0.1) is 0 Å². The smallest absolute Gasteiger partial charge is 0.243 e. The minimum Gasteiger partial charge on any atom is -0.496 e. The molecule has 1 saturated heterocycles. The average molecular weight is 396 g/mol. The molecule has 1 N–H and O–H groups in total. The number of ether oxygens (including phenoxy) is 1. The fourth-order valence-corrected chi connectivity index (χ4v) is 4.49. The number of para-hydroxylation sites is 1. The number of hydrogen-bond donors (Lipinski definition) is 1. The van der Waals surface area contributed by atoms with E-state index in [0.717, 1.165) is 43.6 Å². The van der Waals surface area contributed by atoms with Crippen molar-refractivity contribution in [2.75, 3.05) is 26.7 Å². The van der Waals surface area contributed by atoms with Crippen molar-refractivity contribution in [3.8, 4) is 5.75 Å². The number of benzene rings is 2. The Hall–Kier alpha value is -2.03. The molecule has 146 valence electrons. The summed E-state index contributed by atoms with van der Waals surface area (Å²) in [5.74, 6) is -1.27. The first-order valence-electron chi connectivity index (χ1n) is 8.74. The SMILES string of the molecule is COc1ccccc1C(CNS(=O)(=O)c1ccc(F)cc1F)N1CCCC1. The molecule has 2 aromatic rings. The van der Waals surface area contributed by atoms with E-state index in [0.29, 0.717) is 11.8 Å². The van der Waals surface area contributed by atoms with E-state index in [4.69, 9.17) is 4.74 Å². The molecule has 5 nitrogen and oxygen atoms in total. The van der Waals surface area contributed by atoms with E-state index in [1.807, 2.05) is 24.3 Å². The van der Waals surface area contributed by atoms with Gasteiger partial charge in [-0.1, -0.05) is 18.2 Å². The van der Waals surface area contributed by atoms with E-state index < -0.39 is 26.6 Å². The summed E-state index contributed by atoms with van der Waals surface area (Å²) < 4.78 is 60.0. The van der Waals surface area contributed by atoms with Gasteiger partial charge in [0.2, 0.25) is 10.0 Å². The molecule has 0 amide bonds. The number of nitrogens with zero attached hydrogens (tertiary/aromatic N) is 1. The molecule has 0 spiro atoms. The molecular weight excluding hydrogens is 374 g/mol. The Balaban J connectivity index is 1.86. The maximum atomic E-state index is 13.9. The molecule has 0 aliphatic carbocycles. The van der Waals surface area contributed by atoms with Gasteiger partial charge in [0, 0.05) is 18.2 Å². The molecule has 27 heavy (non-hydrogen) atoms. The van der Waals surface area contributed by atoms with E-state index >= 15 is 0 Å². The Labute approximate surface area is 158 Å². The number of sulfonamides is 1. The van der Waals surface area contributed by atoms with Gasteiger partial charge in [0.05, 0.1) is 13.2 Å². The minimum absolute atomic E-state index is 0.0551. The third-order valence-electron chi connectivity index (χ3n) is 4.73. The van der Waals surface area contributed by atoms with E-state index in [1.165, 1.54) is 0 Å². The van der Waals surface area contributed by atoms with Crippen LogP contribution in [0.25, 0.3) is 0 Å². The van der Waals surface area contributed by atoms with Gasteiger partial charge in [-0.2, -0.15) is 0 Å². The van der Waals surface area contributed by atoms with Crippen LogP contribution in [0.1, 0.15) is 24.4 Å². The second-order valence-corrected chi connectivity index (χ2v) is 8.16. The zero-order chi connectivity index (χ0) is 19.4. The normalized spacial score (nSPS) is 16.4. The first-order valence-corrected chi connectivity index (χ1v) is 10.2. The Morgan fingerprint density at radius 1 is 1.15 bits per heavy atom. The van der Waals surface area contributed by atoms with Crippen molar-refractivity contribution in [2.45, 2.75) is 23.8 Å². The van der Waals surface area contributed by atoms with Crippen LogP contribution >= 0.6 is 0 Å². The monoisotopic (exact) mass is 396 g/mol. The number of hydrogen-bond acceptors (Lipinski definition) is 4. The summed E-state index contributed by atoms with van der Waals surface area (Å²) in [6.07, 6.45) is 2.07. The van der Waals surface area contributed by atoms with E-state index in [2.05, 4.69) is 9.62 Å². The van der Waals surface area contributed by atoms with Gasteiger partial charge < -0.3 is 4.74 Å². The lowest BCUT2D eigenvalue weighted by Gasteiger charge is -2.29. The van der Waals surface area contributed by atoms with Gasteiger partial charge in [-0.05, 0) is 44.1 Å². The van der Waals surface area contributed by atoms with Crippen LogP contribution in [0.4, 0.5) is 8.78 Å². The Morgan fingerprint density at radius 2 is 1.85 bits per heavy atom. The molecule has 1 atom stereocenters. The van der Waals surface area contributed by atoms with Crippen LogP contribution in [-0.4, -0.2) is 40.1 Å². The number of likely N-dealkylation sites (tertiary alicyclic amines) is 1. The van der Waals surface area contributed by atoms with Crippen molar-refractivity contribution in [1.82, 2.24) is 9.62 Å². The zero-order valence-electron chi connectivity index (χ0n) is 15.0. The van der Waals surface area contributed by atoms with Gasteiger partial charge in [0.15, 0.2) is 0 Å². The molecule has 0 aromatic heterocycles. The van der Waals surface area contributed by atoms with E-state index in [-0.39, 0.29) is 12.6 Å². The summed E-state index contributed by atoms with van der Waals surface area (Å²) >= 11 is 0. The molecule has 1 fully saturated rings. The van der Waals surface area contributed by atoms with Crippen LogP contribution in [-0.2, 0) is 10.0 Å².